The molecule has 1 aromatic heterocycles. The number of benzene rings is 1. The molecule has 2 aromatic rings. The normalized spacial score (nSPS) is 18.4. The van der Waals surface area contributed by atoms with Crippen LogP contribution in [0.1, 0.15) is 87.5 Å². The molecule has 1 aliphatic carbocycles. The molecule has 214 valence electrons. The summed E-state index contributed by atoms with van der Waals surface area (Å²) in [6.45, 7) is 8.37. The summed E-state index contributed by atoms with van der Waals surface area (Å²) in [4.78, 5) is 41.7. The SMILES string of the molecule is CC(C)CC(C(=O)NC(=O)[C@@H]1CCCC[C@@H]1NC(=O)c1ccc(F)cc1CN(C)C)c1nnc(SC(C)C)o1. The van der Waals surface area contributed by atoms with Gasteiger partial charge in [-0.15, -0.1) is 10.2 Å². The van der Waals surface area contributed by atoms with Crippen molar-refractivity contribution in [2.24, 2.45) is 11.8 Å². The summed E-state index contributed by atoms with van der Waals surface area (Å²) in [5, 5.41) is 14.3. The van der Waals surface area contributed by atoms with Gasteiger partial charge in [0.15, 0.2) is 0 Å². The highest BCUT2D eigenvalue weighted by Gasteiger charge is 2.36. The summed E-state index contributed by atoms with van der Waals surface area (Å²) in [5.41, 5.74) is 0.935. The number of halogens is 1. The van der Waals surface area contributed by atoms with Crippen LogP contribution >= 0.6 is 11.8 Å². The smallest absolute Gasteiger partial charge is 0.276 e. The van der Waals surface area contributed by atoms with Crippen LogP contribution in [0.5, 0.6) is 0 Å². The molecule has 3 atom stereocenters. The van der Waals surface area contributed by atoms with Crippen LogP contribution in [0.2, 0.25) is 0 Å². The molecule has 0 aliphatic heterocycles. The van der Waals surface area contributed by atoms with Crippen LogP contribution in [0, 0.1) is 17.7 Å². The fourth-order valence-corrected chi connectivity index (χ4v) is 5.45. The van der Waals surface area contributed by atoms with Gasteiger partial charge in [0.05, 0.1) is 5.92 Å². The van der Waals surface area contributed by atoms with Crippen LogP contribution in [-0.4, -0.2) is 58.2 Å². The molecule has 3 rings (SSSR count). The Morgan fingerprint density at radius 1 is 1.13 bits per heavy atom. The number of nitrogens with zero attached hydrogens (tertiary/aromatic N) is 3. The van der Waals surface area contributed by atoms with Crippen molar-refractivity contribution < 1.29 is 23.2 Å². The first-order valence-corrected chi connectivity index (χ1v) is 14.4. The van der Waals surface area contributed by atoms with Gasteiger partial charge in [-0.05, 0) is 63.0 Å². The molecule has 1 saturated carbocycles. The molecule has 0 radical (unpaired) electrons. The number of carbonyl (C=O) groups is 3. The second-order valence-corrected chi connectivity index (χ2v) is 12.6. The van der Waals surface area contributed by atoms with E-state index in [4.69, 9.17) is 4.42 Å². The standard InChI is InChI=1S/C28H40FN5O4S/c1-16(2)13-22(27-32-33-28(38-27)39-17(3)4)26(37)31-25(36)21-9-7-8-10-23(21)30-24(35)20-12-11-19(29)14-18(20)15-34(5)6/h11-12,14,16-17,21-23H,7-10,13,15H2,1-6H3,(H,30,35)(H,31,36,37)/t21-,22?,23+/m1/s1. The minimum Gasteiger partial charge on any atom is -0.415 e. The van der Waals surface area contributed by atoms with Crippen molar-refractivity contribution in [3.8, 4) is 0 Å². The molecule has 0 bridgehead atoms. The highest BCUT2D eigenvalue weighted by molar-refractivity contribution is 7.99. The van der Waals surface area contributed by atoms with E-state index in [0.29, 0.717) is 42.2 Å². The Kier molecular flexibility index (Phi) is 11.1. The zero-order chi connectivity index (χ0) is 28.7. The van der Waals surface area contributed by atoms with Crippen molar-refractivity contribution in [2.45, 2.75) is 88.8 Å². The van der Waals surface area contributed by atoms with Crippen LogP contribution in [0.15, 0.2) is 27.8 Å². The zero-order valence-corrected chi connectivity index (χ0v) is 24.4. The number of amides is 3. The number of thioether (sulfide) groups is 1. The molecule has 1 aliphatic rings. The van der Waals surface area contributed by atoms with Crippen molar-refractivity contribution in [1.82, 2.24) is 25.7 Å². The Balaban J connectivity index is 1.73. The van der Waals surface area contributed by atoms with Gasteiger partial charge in [-0.2, -0.15) is 0 Å². The van der Waals surface area contributed by atoms with Gasteiger partial charge in [-0.25, -0.2) is 4.39 Å². The number of hydrogen-bond donors (Lipinski definition) is 2. The largest absolute Gasteiger partial charge is 0.415 e. The minimum absolute atomic E-state index is 0.151. The lowest BCUT2D eigenvalue weighted by molar-refractivity contribution is -0.135. The molecule has 1 unspecified atom stereocenters. The molecular formula is C28H40FN5O4S. The second-order valence-electron chi connectivity index (χ2n) is 11.1. The van der Waals surface area contributed by atoms with Gasteiger partial charge >= 0.3 is 0 Å². The Labute approximate surface area is 234 Å². The summed E-state index contributed by atoms with van der Waals surface area (Å²) in [6.07, 6.45) is 3.26. The van der Waals surface area contributed by atoms with E-state index in [2.05, 4.69) is 20.8 Å². The monoisotopic (exact) mass is 561 g/mol. The summed E-state index contributed by atoms with van der Waals surface area (Å²) in [6, 6.07) is 3.64. The van der Waals surface area contributed by atoms with E-state index in [0.717, 1.165) is 12.8 Å². The van der Waals surface area contributed by atoms with Gasteiger partial charge < -0.3 is 14.6 Å². The third kappa shape index (κ3) is 8.86. The molecule has 1 fully saturated rings. The lowest BCUT2D eigenvalue weighted by Crippen LogP contribution is -2.50. The van der Waals surface area contributed by atoms with E-state index in [-0.39, 0.29) is 23.0 Å². The van der Waals surface area contributed by atoms with Gasteiger partial charge in [0, 0.05) is 23.4 Å². The fourth-order valence-electron chi connectivity index (χ4n) is 4.82. The number of nitrogens with one attached hydrogen (secondary N) is 2. The predicted molar refractivity (Wildman–Crippen MR) is 148 cm³/mol. The molecule has 0 spiro atoms. The maximum Gasteiger partial charge on any atom is 0.276 e. The molecule has 1 aromatic carbocycles. The van der Waals surface area contributed by atoms with Crippen molar-refractivity contribution in [2.75, 3.05) is 14.1 Å². The van der Waals surface area contributed by atoms with Gasteiger partial charge in [0.25, 0.3) is 11.1 Å². The van der Waals surface area contributed by atoms with Gasteiger partial charge in [-0.1, -0.05) is 52.3 Å². The number of aromatic nitrogens is 2. The van der Waals surface area contributed by atoms with Crippen LogP contribution in [0.25, 0.3) is 0 Å². The van der Waals surface area contributed by atoms with E-state index in [1.165, 1.54) is 30.0 Å². The fraction of sp³-hybridized carbons (Fsp3) is 0.607. The van der Waals surface area contributed by atoms with E-state index < -0.39 is 35.5 Å². The summed E-state index contributed by atoms with van der Waals surface area (Å²) in [5.74, 6) is -2.67. The number of imide groups is 1. The maximum atomic E-state index is 13.9. The van der Waals surface area contributed by atoms with Gasteiger partial charge in [0.1, 0.15) is 11.7 Å². The molecule has 9 nitrogen and oxygen atoms in total. The number of hydrogen-bond acceptors (Lipinski definition) is 8. The van der Waals surface area contributed by atoms with E-state index >= 15 is 0 Å². The van der Waals surface area contributed by atoms with Crippen molar-refractivity contribution in [3.63, 3.8) is 0 Å². The summed E-state index contributed by atoms with van der Waals surface area (Å²) < 4.78 is 19.6. The first-order valence-electron chi connectivity index (χ1n) is 13.5. The van der Waals surface area contributed by atoms with E-state index in [1.807, 2.05) is 46.7 Å². The van der Waals surface area contributed by atoms with E-state index in [1.54, 1.807) is 0 Å². The van der Waals surface area contributed by atoms with E-state index in [9.17, 15) is 18.8 Å². The predicted octanol–water partition coefficient (Wildman–Crippen LogP) is 4.53. The van der Waals surface area contributed by atoms with Crippen LogP contribution in [0.3, 0.4) is 0 Å². The topological polar surface area (TPSA) is 117 Å². The van der Waals surface area contributed by atoms with Crippen molar-refractivity contribution >= 4 is 29.5 Å². The zero-order valence-electron chi connectivity index (χ0n) is 23.6. The molecule has 39 heavy (non-hydrogen) atoms. The highest BCUT2D eigenvalue weighted by Crippen LogP contribution is 2.29. The average molecular weight is 562 g/mol. The molecule has 2 N–H and O–H groups in total. The van der Waals surface area contributed by atoms with Gasteiger partial charge in [0.2, 0.25) is 17.7 Å². The van der Waals surface area contributed by atoms with Crippen LogP contribution in [-0.2, 0) is 16.1 Å². The Hall–Kier alpha value is -2.79. The molecule has 0 saturated heterocycles. The maximum absolute atomic E-state index is 13.9. The minimum atomic E-state index is -0.757. The summed E-state index contributed by atoms with van der Waals surface area (Å²) in [7, 11) is 3.69. The third-order valence-electron chi connectivity index (χ3n) is 6.54. The van der Waals surface area contributed by atoms with Crippen LogP contribution in [0.4, 0.5) is 4.39 Å². The van der Waals surface area contributed by atoms with Crippen molar-refractivity contribution in [3.05, 3.63) is 41.0 Å². The van der Waals surface area contributed by atoms with Crippen LogP contribution < -0.4 is 10.6 Å². The highest BCUT2D eigenvalue weighted by atomic mass is 32.2. The average Bonchev–Trinajstić information content (AvgIpc) is 3.29. The number of rotatable bonds is 11. The molecule has 11 heteroatoms. The molecular weight excluding hydrogens is 521 g/mol. The lowest BCUT2D eigenvalue weighted by Gasteiger charge is -2.31. The van der Waals surface area contributed by atoms with Gasteiger partial charge in [-0.3, -0.25) is 19.7 Å². The third-order valence-corrected chi connectivity index (χ3v) is 7.38. The first kappa shape index (κ1) is 30.7. The second kappa shape index (κ2) is 14.0. The quantitative estimate of drug-likeness (QED) is 0.384. The lowest BCUT2D eigenvalue weighted by atomic mass is 9.83. The molecule has 1 heterocycles. The Bertz CT molecular complexity index is 1150. The Morgan fingerprint density at radius 2 is 1.85 bits per heavy atom. The Morgan fingerprint density at radius 3 is 2.51 bits per heavy atom. The summed E-state index contributed by atoms with van der Waals surface area (Å²) >= 11 is 1.41. The van der Waals surface area contributed by atoms with Crippen molar-refractivity contribution in [1.29, 1.82) is 0 Å². The molecule has 3 amide bonds. The first-order chi connectivity index (χ1) is 18.4. The number of carbonyl (C=O) groups excluding carboxylic acids is 3.